The van der Waals surface area contributed by atoms with E-state index >= 15 is 0 Å². The van der Waals surface area contributed by atoms with E-state index in [1.54, 1.807) is 72.5 Å². The average molecular weight is 553 g/mol. The summed E-state index contributed by atoms with van der Waals surface area (Å²) in [4.78, 5) is 29.8. The molecule has 3 aromatic rings. The lowest BCUT2D eigenvalue weighted by molar-refractivity contribution is -0.166. The van der Waals surface area contributed by atoms with Gasteiger partial charge in [-0.05, 0) is 42.0 Å². The molecule has 0 N–H and O–H groups in total. The van der Waals surface area contributed by atoms with Crippen molar-refractivity contribution in [2.24, 2.45) is 0 Å². The van der Waals surface area contributed by atoms with Gasteiger partial charge in [0, 0.05) is 31.2 Å². The fourth-order valence-corrected chi connectivity index (χ4v) is 4.46. The molecule has 9 heteroatoms. The molecular weight excluding hydrogens is 520 g/mol. The molecule has 0 saturated carbocycles. The molecule has 8 nitrogen and oxygen atoms in total. The summed E-state index contributed by atoms with van der Waals surface area (Å²) in [6.45, 7) is 1.24. The Kier molecular flexibility index (Phi) is 9.68. The van der Waals surface area contributed by atoms with Crippen LogP contribution in [0.3, 0.4) is 0 Å². The van der Waals surface area contributed by atoms with Crippen LogP contribution >= 0.6 is 11.6 Å². The Morgan fingerprint density at radius 1 is 0.974 bits per heavy atom. The standard InChI is InChI=1S/C30H33ClN2O6/c1-32(19-23-7-4-3-5-8-23)28(34)18-30(22-38-25-13-11-24(31)12-14-25)21-33(15-16-39-30)29(35)20-37-27-10-6-9-26(17-27)36-2/h3-14,17H,15-16,18-22H2,1-2H3/t30-/m1/s1. The third kappa shape index (κ3) is 8.12. The summed E-state index contributed by atoms with van der Waals surface area (Å²) in [5.74, 6) is 1.45. The van der Waals surface area contributed by atoms with Crippen molar-refractivity contribution < 1.29 is 28.5 Å². The SMILES string of the molecule is COc1cccc(OCC(=O)N2CCO[C@](COc3ccc(Cl)cc3)(CC(=O)N(C)Cc3ccccc3)C2)c1. The van der Waals surface area contributed by atoms with Crippen molar-refractivity contribution in [2.75, 3.05) is 47.1 Å². The first kappa shape index (κ1) is 28.3. The number of ether oxygens (including phenoxy) is 4. The molecule has 0 radical (unpaired) electrons. The monoisotopic (exact) mass is 552 g/mol. The Morgan fingerprint density at radius 2 is 1.72 bits per heavy atom. The van der Waals surface area contributed by atoms with Gasteiger partial charge in [0.15, 0.2) is 6.61 Å². The number of amides is 2. The van der Waals surface area contributed by atoms with E-state index in [2.05, 4.69) is 0 Å². The van der Waals surface area contributed by atoms with Crippen LogP contribution in [0.1, 0.15) is 12.0 Å². The predicted octanol–water partition coefficient (Wildman–Crippen LogP) is 4.45. The third-order valence-electron chi connectivity index (χ3n) is 6.48. The highest BCUT2D eigenvalue weighted by Crippen LogP contribution is 2.27. The quantitative estimate of drug-likeness (QED) is 0.350. The fourth-order valence-electron chi connectivity index (χ4n) is 4.33. The number of carbonyl (C=O) groups excluding carboxylic acids is 2. The molecule has 0 bridgehead atoms. The first-order valence-electron chi connectivity index (χ1n) is 12.7. The zero-order valence-electron chi connectivity index (χ0n) is 22.2. The number of methoxy groups -OCH3 is 1. The van der Waals surface area contributed by atoms with Gasteiger partial charge >= 0.3 is 0 Å². The summed E-state index contributed by atoms with van der Waals surface area (Å²) in [7, 11) is 3.33. The molecule has 1 aliphatic heterocycles. The Hall–Kier alpha value is -3.75. The summed E-state index contributed by atoms with van der Waals surface area (Å²) in [6.07, 6.45) is 0.0461. The summed E-state index contributed by atoms with van der Waals surface area (Å²) in [5, 5.41) is 0.594. The highest BCUT2D eigenvalue weighted by Gasteiger charge is 2.42. The van der Waals surface area contributed by atoms with Crippen LogP contribution < -0.4 is 14.2 Å². The summed E-state index contributed by atoms with van der Waals surface area (Å²) >= 11 is 6.01. The lowest BCUT2D eigenvalue weighted by Gasteiger charge is -2.42. The molecule has 1 saturated heterocycles. The molecule has 206 valence electrons. The second kappa shape index (κ2) is 13.4. The van der Waals surface area contributed by atoms with E-state index in [1.165, 1.54) is 0 Å². The molecular formula is C30H33ClN2O6. The number of halogens is 1. The van der Waals surface area contributed by atoms with Crippen LogP contribution in [0.4, 0.5) is 0 Å². The van der Waals surface area contributed by atoms with E-state index in [4.69, 9.17) is 30.5 Å². The molecule has 1 aliphatic rings. The van der Waals surface area contributed by atoms with Gasteiger partial charge in [-0.1, -0.05) is 48.0 Å². The van der Waals surface area contributed by atoms with Crippen LogP contribution in [0, 0.1) is 0 Å². The number of hydrogen-bond acceptors (Lipinski definition) is 6. The van der Waals surface area contributed by atoms with Crippen molar-refractivity contribution in [3.63, 3.8) is 0 Å². The van der Waals surface area contributed by atoms with Gasteiger partial charge in [-0.15, -0.1) is 0 Å². The number of rotatable bonds is 11. The van der Waals surface area contributed by atoms with Gasteiger partial charge in [0.1, 0.15) is 29.5 Å². The molecule has 1 atom stereocenters. The molecule has 0 aliphatic carbocycles. The van der Waals surface area contributed by atoms with Gasteiger partial charge in [-0.2, -0.15) is 0 Å². The Morgan fingerprint density at radius 3 is 2.46 bits per heavy atom. The molecule has 3 aromatic carbocycles. The van der Waals surface area contributed by atoms with Gasteiger partial charge < -0.3 is 28.7 Å². The van der Waals surface area contributed by atoms with Crippen molar-refractivity contribution in [2.45, 2.75) is 18.6 Å². The van der Waals surface area contributed by atoms with Gasteiger partial charge in [0.05, 0.1) is 26.7 Å². The third-order valence-corrected chi connectivity index (χ3v) is 6.73. The Balaban J connectivity index is 1.45. The first-order valence-corrected chi connectivity index (χ1v) is 13.1. The number of benzene rings is 3. The lowest BCUT2D eigenvalue weighted by Crippen LogP contribution is -2.58. The van der Waals surface area contributed by atoms with E-state index < -0.39 is 5.60 Å². The molecule has 39 heavy (non-hydrogen) atoms. The Labute approximate surface area is 234 Å². The van der Waals surface area contributed by atoms with E-state index in [-0.39, 0.29) is 44.6 Å². The summed E-state index contributed by atoms with van der Waals surface area (Å²) in [6, 6.07) is 23.8. The van der Waals surface area contributed by atoms with Crippen molar-refractivity contribution in [3.8, 4) is 17.2 Å². The zero-order valence-corrected chi connectivity index (χ0v) is 22.9. The van der Waals surface area contributed by atoms with Gasteiger partial charge in [0.2, 0.25) is 5.91 Å². The van der Waals surface area contributed by atoms with E-state index in [9.17, 15) is 9.59 Å². The highest BCUT2D eigenvalue weighted by atomic mass is 35.5. The number of nitrogens with zero attached hydrogens (tertiary/aromatic N) is 2. The maximum atomic E-state index is 13.4. The van der Waals surface area contributed by atoms with Crippen LogP contribution in [0.15, 0.2) is 78.9 Å². The maximum Gasteiger partial charge on any atom is 0.260 e. The average Bonchev–Trinajstić information content (AvgIpc) is 2.96. The second-order valence-corrected chi connectivity index (χ2v) is 9.91. The van der Waals surface area contributed by atoms with Gasteiger partial charge in [-0.25, -0.2) is 0 Å². The Bertz CT molecular complexity index is 1240. The van der Waals surface area contributed by atoms with Crippen LogP contribution in [0.2, 0.25) is 5.02 Å². The fraction of sp³-hybridized carbons (Fsp3) is 0.333. The van der Waals surface area contributed by atoms with Crippen LogP contribution in [0.25, 0.3) is 0 Å². The maximum absolute atomic E-state index is 13.4. The van der Waals surface area contributed by atoms with Gasteiger partial charge in [0.25, 0.3) is 5.91 Å². The highest BCUT2D eigenvalue weighted by molar-refractivity contribution is 6.30. The van der Waals surface area contributed by atoms with E-state index in [0.717, 1.165) is 5.56 Å². The van der Waals surface area contributed by atoms with Crippen molar-refractivity contribution >= 4 is 23.4 Å². The van der Waals surface area contributed by atoms with E-state index in [1.807, 2.05) is 30.3 Å². The molecule has 4 rings (SSSR count). The second-order valence-electron chi connectivity index (χ2n) is 9.47. The minimum absolute atomic E-state index is 0.0461. The molecule has 1 heterocycles. The van der Waals surface area contributed by atoms with Crippen LogP contribution in [-0.2, 0) is 20.9 Å². The molecule has 0 unspecified atom stereocenters. The molecule has 0 aromatic heterocycles. The van der Waals surface area contributed by atoms with Gasteiger partial charge in [-0.3, -0.25) is 9.59 Å². The lowest BCUT2D eigenvalue weighted by atomic mass is 9.96. The van der Waals surface area contributed by atoms with Crippen molar-refractivity contribution in [1.82, 2.24) is 9.80 Å². The molecule has 0 spiro atoms. The summed E-state index contributed by atoms with van der Waals surface area (Å²) < 4.78 is 23.2. The smallest absolute Gasteiger partial charge is 0.260 e. The molecule has 2 amide bonds. The molecule has 1 fully saturated rings. The number of carbonyl (C=O) groups is 2. The normalized spacial score (nSPS) is 16.8. The summed E-state index contributed by atoms with van der Waals surface area (Å²) in [5.41, 5.74) is -0.0122. The predicted molar refractivity (Wildman–Crippen MR) is 148 cm³/mol. The zero-order chi connectivity index (χ0) is 27.7. The largest absolute Gasteiger partial charge is 0.497 e. The van der Waals surface area contributed by atoms with Crippen LogP contribution in [0.5, 0.6) is 17.2 Å². The first-order chi connectivity index (χ1) is 18.9. The minimum atomic E-state index is -1.04. The number of morpholine rings is 1. The van der Waals surface area contributed by atoms with Crippen molar-refractivity contribution in [1.29, 1.82) is 0 Å². The van der Waals surface area contributed by atoms with Crippen LogP contribution in [-0.4, -0.2) is 74.3 Å². The number of hydrogen-bond donors (Lipinski definition) is 0. The minimum Gasteiger partial charge on any atom is -0.497 e. The van der Waals surface area contributed by atoms with Crippen molar-refractivity contribution in [3.05, 3.63) is 89.4 Å². The van der Waals surface area contributed by atoms with E-state index in [0.29, 0.717) is 35.4 Å². The topological polar surface area (TPSA) is 77.5 Å².